The highest BCUT2D eigenvalue weighted by Gasteiger charge is 2.13. The normalized spacial score (nSPS) is 11.3. The van der Waals surface area contributed by atoms with Crippen molar-refractivity contribution in [2.75, 3.05) is 20.3 Å². The quantitative estimate of drug-likeness (QED) is 0.735. The standard InChI is InChI=1S/C20H23NO5/c1-4-25-18-11-7-16(8-12-18)20(23)26-13-19(22)21-14(2)15-5-9-17(24-3)10-6-15/h5-12,14H,4,13H2,1-3H3,(H,21,22)/t14-/m0/s1. The number of carbonyl (C=O) groups is 2. The molecule has 1 N–H and O–H groups in total. The number of hydrogen-bond donors (Lipinski definition) is 1. The van der Waals surface area contributed by atoms with Crippen LogP contribution < -0.4 is 14.8 Å². The van der Waals surface area contributed by atoms with Gasteiger partial charge < -0.3 is 19.5 Å². The van der Waals surface area contributed by atoms with Crippen LogP contribution in [0.2, 0.25) is 0 Å². The molecule has 6 heteroatoms. The van der Waals surface area contributed by atoms with Gasteiger partial charge in [-0.3, -0.25) is 4.79 Å². The van der Waals surface area contributed by atoms with Crippen molar-refractivity contribution in [3.8, 4) is 11.5 Å². The number of esters is 1. The summed E-state index contributed by atoms with van der Waals surface area (Å²) in [7, 11) is 1.60. The molecule has 1 atom stereocenters. The average molecular weight is 357 g/mol. The third-order valence-corrected chi connectivity index (χ3v) is 3.73. The first-order valence-corrected chi connectivity index (χ1v) is 8.36. The molecule has 0 saturated heterocycles. The summed E-state index contributed by atoms with van der Waals surface area (Å²) < 4.78 is 15.5. The SMILES string of the molecule is CCOc1ccc(C(=O)OCC(=O)N[C@@H](C)c2ccc(OC)cc2)cc1. The van der Waals surface area contributed by atoms with E-state index in [4.69, 9.17) is 14.2 Å². The molecule has 0 radical (unpaired) electrons. The third-order valence-electron chi connectivity index (χ3n) is 3.73. The Balaban J connectivity index is 1.82. The van der Waals surface area contributed by atoms with Crippen LogP contribution in [0.4, 0.5) is 0 Å². The van der Waals surface area contributed by atoms with Gasteiger partial charge in [0.15, 0.2) is 6.61 Å². The van der Waals surface area contributed by atoms with Crippen LogP contribution in [0.5, 0.6) is 11.5 Å². The number of rotatable bonds is 8. The molecule has 0 aliphatic carbocycles. The van der Waals surface area contributed by atoms with E-state index in [1.54, 1.807) is 31.4 Å². The fourth-order valence-electron chi connectivity index (χ4n) is 2.33. The molecule has 0 fully saturated rings. The largest absolute Gasteiger partial charge is 0.497 e. The second kappa shape index (κ2) is 9.46. The summed E-state index contributed by atoms with van der Waals surface area (Å²) in [6.45, 7) is 3.95. The van der Waals surface area contributed by atoms with Gasteiger partial charge in [-0.1, -0.05) is 12.1 Å². The maximum atomic E-state index is 12.0. The molecular weight excluding hydrogens is 334 g/mol. The molecule has 138 valence electrons. The minimum Gasteiger partial charge on any atom is -0.497 e. The molecule has 26 heavy (non-hydrogen) atoms. The summed E-state index contributed by atoms with van der Waals surface area (Å²) in [6.07, 6.45) is 0. The van der Waals surface area contributed by atoms with Crippen LogP contribution >= 0.6 is 0 Å². The van der Waals surface area contributed by atoms with Gasteiger partial charge in [-0.15, -0.1) is 0 Å². The minimum absolute atomic E-state index is 0.211. The van der Waals surface area contributed by atoms with Gasteiger partial charge in [0, 0.05) is 0 Å². The Kier molecular flexibility index (Phi) is 7.02. The van der Waals surface area contributed by atoms with Gasteiger partial charge in [0.25, 0.3) is 5.91 Å². The molecule has 2 rings (SSSR count). The highest BCUT2D eigenvalue weighted by Crippen LogP contribution is 2.17. The van der Waals surface area contributed by atoms with Crippen LogP contribution in [0.1, 0.15) is 35.8 Å². The molecule has 2 aromatic rings. The Morgan fingerprint density at radius 2 is 1.62 bits per heavy atom. The van der Waals surface area contributed by atoms with Crippen LogP contribution in [0.15, 0.2) is 48.5 Å². The number of benzene rings is 2. The lowest BCUT2D eigenvalue weighted by atomic mass is 10.1. The van der Waals surface area contributed by atoms with Crippen LogP contribution in [-0.4, -0.2) is 32.2 Å². The second-order valence-corrected chi connectivity index (χ2v) is 5.60. The van der Waals surface area contributed by atoms with Gasteiger partial charge in [0.05, 0.1) is 25.3 Å². The molecule has 6 nitrogen and oxygen atoms in total. The summed E-state index contributed by atoms with van der Waals surface area (Å²) >= 11 is 0. The Bertz CT molecular complexity index is 725. The summed E-state index contributed by atoms with van der Waals surface area (Å²) in [4.78, 5) is 24.0. The van der Waals surface area contributed by atoms with Gasteiger partial charge in [-0.05, 0) is 55.8 Å². The van der Waals surface area contributed by atoms with Crippen molar-refractivity contribution < 1.29 is 23.8 Å². The lowest BCUT2D eigenvalue weighted by Gasteiger charge is -2.15. The molecule has 0 aromatic heterocycles. The van der Waals surface area contributed by atoms with E-state index in [-0.39, 0.29) is 18.6 Å². The second-order valence-electron chi connectivity index (χ2n) is 5.60. The summed E-state index contributed by atoms with van der Waals surface area (Å²) in [5.41, 5.74) is 1.29. The van der Waals surface area contributed by atoms with Crippen molar-refractivity contribution in [2.24, 2.45) is 0 Å². The molecule has 1 amide bonds. The summed E-state index contributed by atoms with van der Waals surface area (Å²) in [6, 6.07) is 13.8. The van der Waals surface area contributed by atoms with E-state index in [1.165, 1.54) is 0 Å². The molecule has 0 aliphatic heterocycles. The molecule has 0 bridgehead atoms. The highest BCUT2D eigenvalue weighted by molar-refractivity contribution is 5.91. The Hall–Kier alpha value is -3.02. The fraction of sp³-hybridized carbons (Fsp3) is 0.300. The van der Waals surface area contributed by atoms with Gasteiger partial charge >= 0.3 is 5.97 Å². The van der Waals surface area contributed by atoms with Crippen molar-refractivity contribution in [3.05, 3.63) is 59.7 Å². The number of amides is 1. The number of hydrogen-bond acceptors (Lipinski definition) is 5. The minimum atomic E-state index is -0.555. The van der Waals surface area contributed by atoms with E-state index in [0.29, 0.717) is 17.9 Å². The lowest BCUT2D eigenvalue weighted by Crippen LogP contribution is -2.31. The summed E-state index contributed by atoms with van der Waals surface area (Å²) in [5, 5.41) is 2.79. The first-order valence-electron chi connectivity index (χ1n) is 8.36. The molecule has 0 heterocycles. The predicted octanol–water partition coefficient (Wildman–Crippen LogP) is 3.13. The maximum absolute atomic E-state index is 12.0. The van der Waals surface area contributed by atoms with Crippen molar-refractivity contribution in [3.63, 3.8) is 0 Å². The number of nitrogens with one attached hydrogen (secondary N) is 1. The number of ether oxygens (including phenoxy) is 3. The van der Waals surface area contributed by atoms with E-state index in [0.717, 1.165) is 11.3 Å². The Labute approximate surface area is 153 Å². The van der Waals surface area contributed by atoms with Gasteiger partial charge in [-0.2, -0.15) is 0 Å². The average Bonchev–Trinajstić information content (AvgIpc) is 2.67. The number of methoxy groups -OCH3 is 1. The molecule has 0 unspecified atom stereocenters. The van der Waals surface area contributed by atoms with E-state index in [2.05, 4.69) is 5.32 Å². The molecule has 0 aliphatic rings. The van der Waals surface area contributed by atoms with Crippen molar-refractivity contribution in [1.29, 1.82) is 0 Å². The summed E-state index contributed by atoms with van der Waals surface area (Å²) in [5.74, 6) is 0.500. The zero-order valence-electron chi connectivity index (χ0n) is 15.2. The van der Waals surface area contributed by atoms with Crippen molar-refractivity contribution >= 4 is 11.9 Å². The zero-order valence-corrected chi connectivity index (χ0v) is 15.2. The lowest BCUT2D eigenvalue weighted by molar-refractivity contribution is -0.124. The monoisotopic (exact) mass is 357 g/mol. The van der Waals surface area contributed by atoms with E-state index in [9.17, 15) is 9.59 Å². The Morgan fingerprint density at radius 3 is 2.19 bits per heavy atom. The van der Waals surface area contributed by atoms with Gasteiger partial charge in [-0.25, -0.2) is 4.79 Å². The third kappa shape index (κ3) is 5.51. The van der Waals surface area contributed by atoms with E-state index < -0.39 is 5.97 Å². The van der Waals surface area contributed by atoms with Crippen molar-refractivity contribution in [1.82, 2.24) is 5.32 Å². The van der Waals surface area contributed by atoms with Crippen molar-refractivity contribution in [2.45, 2.75) is 19.9 Å². The zero-order chi connectivity index (χ0) is 18.9. The Morgan fingerprint density at radius 1 is 1.00 bits per heavy atom. The van der Waals surface area contributed by atoms with Crippen LogP contribution in [-0.2, 0) is 9.53 Å². The van der Waals surface area contributed by atoms with E-state index >= 15 is 0 Å². The molecular formula is C20H23NO5. The molecule has 2 aromatic carbocycles. The van der Waals surface area contributed by atoms with E-state index in [1.807, 2.05) is 38.1 Å². The van der Waals surface area contributed by atoms with Crippen LogP contribution in [0, 0.1) is 0 Å². The first kappa shape index (κ1) is 19.3. The topological polar surface area (TPSA) is 73.9 Å². The molecule has 0 saturated carbocycles. The molecule has 0 spiro atoms. The smallest absolute Gasteiger partial charge is 0.338 e. The van der Waals surface area contributed by atoms with Crippen LogP contribution in [0.25, 0.3) is 0 Å². The first-order chi connectivity index (χ1) is 12.5. The highest BCUT2D eigenvalue weighted by atomic mass is 16.5. The van der Waals surface area contributed by atoms with Gasteiger partial charge in [0.1, 0.15) is 11.5 Å². The fourth-order valence-corrected chi connectivity index (χ4v) is 2.33. The van der Waals surface area contributed by atoms with Gasteiger partial charge in [0.2, 0.25) is 0 Å². The predicted molar refractivity (Wildman–Crippen MR) is 97.4 cm³/mol. The number of carbonyl (C=O) groups excluding carboxylic acids is 2. The maximum Gasteiger partial charge on any atom is 0.338 e. The van der Waals surface area contributed by atoms with Crippen LogP contribution in [0.3, 0.4) is 0 Å².